The highest BCUT2D eigenvalue weighted by Gasteiger charge is 2.11. The molecule has 0 radical (unpaired) electrons. The van der Waals surface area contributed by atoms with Crippen molar-refractivity contribution in [1.82, 2.24) is 4.90 Å². The van der Waals surface area contributed by atoms with Crippen LogP contribution >= 0.6 is 0 Å². The molecule has 1 aromatic carbocycles. The van der Waals surface area contributed by atoms with Gasteiger partial charge in [0.2, 0.25) is 0 Å². The van der Waals surface area contributed by atoms with Crippen LogP contribution in [0.2, 0.25) is 0 Å². The van der Waals surface area contributed by atoms with Gasteiger partial charge in [-0.3, -0.25) is 9.69 Å². The summed E-state index contributed by atoms with van der Waals surface area (Å²) in [5.74, 6) is -0.450. The van der Waals surface area contributed by atoms with Gasteiger partial charge < -0.3 is 21.5 Å². The van der Waals surface area contributed by atoms with Gasteiger partial charge in [-0.15, -0.1) is 0 Å². The van der Waals surface area contributed by atoms with Crippen LogP contribution in [0.3, 0.4) is 0 Å². The topological polar surface area (TPSA) is 93.6 Å². The van der Waals surface area contributed by atoms with Gasteiger partial charge in [-0.05, 0) is 18.2 Å². The first-order valence-electron chi connectivity index (χ1n) is 6.40. The van der Waals surface area contributed by atoms with Crippen LogP contribution < -0.4 is 16.8 Å². The average molecular weight is 264 g/mol. The third-order valence-electron chi connectivity index (χ3n) is 3.16. The minimum atomic E-state index is -0.450. The van der Waals surface area contributed by atoms with Crippen LogP contribution in [0.5, 0.6) is 0 Å². The van der Waals surface area contributed by atoms with Gasteiger partial charge in [0.25, 0.3) is 5.91 Å². The minimum Gasteiger partial charge on any atom is -0.399 e. The summed E-state index contributed by atoms with van der Waals surface area (Å²) in [6, 6.07) is 5.06. The summed E-state index contributed by atoms with van der Waals surface area (Å²) in [6.45, 7) is 5.10. The van der Waals surface area contributed by atoms with Gasteiger partial charge in [0.05, 0.1) is 18.8 Å². The number of hydrogen-bond acceptors (Lipinski definition) is 5. The molecule has 2 rings (SSSR count). The molecule has 0 unspecified atom stereocenters. The zero-order valence-corrected chi connectivity index (χ0v) is 10.9. The third kappa shape index (κ3) is 3.84. The van der Waals surface area contributed by atoms with E-state index in [0.717, 1.165) is 39.4 Å². The Labute approximate surface area is 112 Å². The van der Waals surface area contributed by atoms with Crippen LogP contribution in [-0.4, -0.2) is 50.2 Å². The Morgan fingerprint density at radius 2 is 2.11 bits per heavy atom. The summed E-state index contributed by atoms with van der Waals surface area (Å²) in [5, 5.41) is 3.22. The third-order valence-corrected chi connectivity index (χ3v) is 3.16. The molecule has 0 atom stereocenters. The first kappa shape index (κ1) is 13.6. The molecule has 0 aromatic heterocycles. The maximum absolute atomic E-state index is 11.3. The maximum Gasteiger partial charge on any atom is 0.250 e. The molecule has 0 aliphatic carbocycles. The lowest BCUT2D eigenvalue weighted by atomic mass is 10.1. The molecule has 1 fully saturated rings. The van der Waals surface area contributed by atoms with Crippen LogP contribution in [0.25, 0.3) is 0 Å². The van der Waals surface area contributed by atoms with Gasteiger partial charge in [0.1, 0.15) is 0 Å². The number of nitrogen functional groups attached to an aromatic ring is 1. The lowest BCUT2D eigenvalue weighted by Gasteiger charge is -2.26. The van der Waals surface area contributed by atoms with Gasteiger partial charge in [-0.2, -0.15) is 0 Å². The number of nitrogens with one attached hydrogen (secondary N) is 1. The normalized spacial score (nSPS) is 16.2. The summed E-state index contributed by atoms with van der Waals surface area (Å²) in [6.07, 6.45) is 0. The zero-order chi connectivity index (χ0) is 13.7. The molecule has 0 spiro atoms. The van der Waals surface area contributed by atoms with E-state index in [2.05, 4.69) is 10.2 Å². The molecule has 1 aliphatic rings. The van der Waals surface area contributed by atoms with Crippen LogP contribution in [0.1, 0.15) is 10.4 Å². The number of rotatable bonds is 5. The van der Waals surface area contributed by atoms with E-state index >= 15 is 0 Å². The summed E-state index contributed by atoms with van der Waals surface area (Å²) in [4.78, 5) is 13.6. The highest BCUT2D eigenvalue weighted by atomic mass is 16.5. The summed E-state index contributed by atoms with van der Waals surface area (Å²) in [5.41, 5.74) is 12.8. The number of hydrogen-bond donors (Lipinski definition) is 3. The molecule has 1 aromatic rings. The molecule has 1 amide bonds. The molecule has 6 nitrogen and oxygen atoms in total. The van der Waals surface area contributed by atoms with Crippen LogP contribution in [0.4, 0.5) is 11.4 Å². The fourth-order valence-corrected chi connectivity index (χ4v) is 2.10. The molecule has 0 bridgehead atoms. The smallest absolute Gasteiger partial charge is 0.250 e. The van der Waals surface area contributed by atoms with Crippen molar-refractivity contribution < 1.29 is 9.53 Å². The Morgan fingerprint density at radius 3 is 2.79 bits per heavy atom. The number of ether oxygens (including phenoxy) is 1. The molecule has 0 saturated carbocycles. The average Bonchev–Trinajstić information content (AvgIpc) is 2.39. The highest BCUT2D eigenvalue weighted by Crippen LogP contribution is 2.18. The first-order valence-corrected chi connectivity index (χ1v) is 6.40. The van der Waals surface area contributed by atoms with Crippen molar-refractivity contribution in [1.29, 1.82) is 0 Å². The van der Waals surface area contributed by atoms with Crippen molar-refractivity contribution in [3.05, 3.63) is 23.8 Å². The second kappa shape index (κ2) is 6.40. The number of nitrogens with two attached hydrogens (primary N) is 2. The second-order valence-corrected chi connectivity index (χ2v) is 4.55. The van der Waals surface area contributed by atoms with E-state index in [1.54, 1.807) is 18.2 Å². The van der Waals surface area contributed by atoms with Crippen molar-refractivity contribution in [3.8, 4) is 0 Å². The van der Waals surface area contributed by atoms with Gasteiger partial charge in [0.15, 0.2) is 0 Å². The standard InChI is InChI=1S/C13H20N4O2/c14-10-1-2-11(13(15)18)12(9-10)16-3-4-17-5-7-19-8-6-17/h1-2,9,16H,3-8,14H2,(H2,15,18). The van der Waals surface area contributed by atoms with Crippen molar-refractivity contribution >= 4 is 17.3 Å². The fourth-order valence-electron chi connectivity index (χ4n) is 2.10. The molecule has 104 valence electrons. The van der Waals surface area contributed by atoms with E-state index in [1.165, 1.54) is 0 Å². The van der Waals surface area contributed by atoms with E-state index in [4.69, 9.17) is 16.2 Å². The molecule has 1 heterocycles. The Kier molecular flexibility index (Phi) is 4.59. The summed E-state index contributed by atoms with van der Waals surface area (Å²) in [7, 11) is 0. The van der Waals surface area contributed by atoms with Crippen molar-refractivity contribution in [2.24, 2.45) is 5.73 Å². The summed E-state index contributed by atoms with van der Waals surface area (Å²) >= 11 is 0. The quantitative estimate of drug-likeness (QED) is 0.656. The van der Waals surface area contributed by atoms with E-state index in [-0.39, 0.29) is 0 Å². The van der Waals surface area contributed by atoms with E-state index in [9.17, 15) is 4.79 Å². The Hall–Kier alpha value is -1.79. The number of morpholine rings is 1. The zero-order valence-electron chi connectivity index (χ0n) is 10.9. The van der Waals surface area contributed by atoms with Crippen LogP contribution in [0, 0.1) is 0 Å². The predicted octanol–water partition coefficient (Wildman–Crippen LogP) is 0.112. The number of benzene rings is 1. The molecule has 1 saturated heterocycles. The van der Waals surface area contributed by atoms with Gasteiger partial charge in [-0.1, -0.05) is 0 Å². The monoisotopic (exact) mass is 264 g/mol. The number of amides is 1. The lowest BCUT2D eigenvalue weighted by molar-refractivity contribution is 0.0398. The van der Waals surface area contributed by atoms with E-state index < -0.39 is 5.91 Å². The molecule has 6 heteroatoms. The Bertz CT molecular complexity index is 444. The van der Waals surface area contributed by atoms with E-state index in [1.807, 2.05) is 0 Å². The van der Waals surface area contributed by atoms with E-state index in [0.29, 0.717) is 16.9 Å². The Morgan fingerprint density at radius 1 is 1.37 bits per heavy atom. The van der Waals surface area contributed by atoms with Gasteiger partial charge >= 0.3 is 0 Å². The highest BCUT2D eigenvalue weighted by molar-refractivity contribution is 5.99. The lowest BCUT2D eigenvalue weighted by Crippen LogP contribution is -2.39. The number of carbonyl (C=O) groups excluding carboxylic acids is 1. The molecular formula is C13H20N4O2. The van der Waals surface area contributed by atoms with Gasteiger partial charge in [-0.25, -0.2) is 0 Å². The molecule has 1 aliphatic heterocycles. The van der Waals surface area contributed by atoms with Crippen LogP contribution in [0.15, 0.2) is 18.2 Å². The molecular weight excluding hydrogens is 244 g/mol. The van der Waals surface area contributed by atoms with Gasteiger partial charge in [0, 0.05) is 37.6 Å². The van der Waals surface area contributed by atoms with Crippen molar-refractivity contribution in [2.45, 2.75) is 0 Å². The number of primary amides is 1. The maximum atomic E-state index is 11.3. The van der Waals surface area contributed by atoms with Crippen molar-refractivity contribution in [2.75, 3.05) is 50.4 Å². The summed E-state index contributed by atoms with van der Waals surface area (Å²) < 4.78 is 5.29. The number of nitrogens with zero attached hydrogens (tertiary/aromatic N) is 1. The fraction of sp³-hybridized carbons (Fsp3) is 0.462. The second-order valence-electron chi connectivity index (χ2n) is 4.55. The SMILES string of the molecule is NC(=O)c1ccc(N)cc1NCCN1CCOCC1. The predicted molar refractivity (Wildman–Crippen MR) is 75.1 cm³/mol. The molecule has 19 heavy (non-hydrogen) atoms. The first-order chi connectivity index (χ1) is 9.16. The largest absolute Gasteiger partial charge is 0.399 e. The number of anilines is 2. The van der Waals surface area contributed by atoms with Crippen LogP contribution in [-0.2, 0) is 4.74 Å². The minimum absolute atomic E-state index is 0.450. The number of carbonyl (C=O) groups is 1. The molecule has 5 N–H and O–H groups in total. The van der Waals surface area contributed by atoms with Crippen molar-refractivity contribution in [3.63, 3.8) is 0 Å². The Balaban J connectivity index is 1.91.